The van der Waals surface area contributed by atoms with E-state index >= 15 is 0 Å². The van der Waals surface area contributed by atoms with Crippen molar-refractivity contribution in [2.75, 3.05) is 6.61 Å². The molecule has 0 saturated carbocycles. The molecule has 1 aromatic carbocycles. The molecule has 2 nitrogen and oxygen atoms in total. The van der Waals surface area contributed by atoms with Gasteiger partial charge < -0.3 is 9.84 Å². The van der Waals surface area contributed by atoms with Crippen LogP contribution in [0, 0.1) is 0 Å². The second kappa shape index (κ2) is 7.81. The van der Waals surface area contributed by atoms with Crippen molar-refractivity contribution in [1.29, 1.82) is 0 Å². The number of alkyl halides is 3. The van der Waals surface area contributed by atoms with E-state index in [-0.39, 0.29) is 18.8 Å². The first-order valence-electron chi connectivity index (χ1n) is 5.46. The number of ether oxygens (including phenoxy) is 1. The van der Waals surface area contributed by atoms with Crippen LogP contribution in [0.4, 0.5) is 13.2 Å². The van der Waals surface area contributed by atoms with E-state index in [0.29, 0.717) is 5.75 Å². The Bertz CT molecular complexity index is 311. The molecule has 0 bridgehead atoms. The van der Waals surface area contributed by atoms with Crippen LogP contribution in [0.15, 0.2) is 24.3 Å². The SMILES string of the molecule is CC.Oc1cccc(OCCCC(F)(F)F)c1. The van der Waals surface area contributed by atoms with Gasteiger partial charge >= 0.3 is 6.18 Å². The molecule has 1 N–H and O–H groups in total. The van der Waals surface area contributed by atoms with Crippen molar-refractivity contribution < 1.29 is 23.0 Å². The molecule has 98 valence electrons. The maximum atomic E-state index is 11.7. The van der Waals surface area contributed by atoms with E-state index in [1.807, 2.05) is 13.8 Å². The molecule has 0 aliphatic rings. The number of benzene rings is 1. The summed E-state index contributed by atoms with van der Waals surface area (Å²) in [7, 11) is 0. The molecule has 0 radical (unpaired) electrons. The van der Waals surface area contributed by atoms with Crippen LogP contribution in [0.5, 0.6) is 11.5 Å². The molecule has 0 unspecified atom stereocenters. The number of halogens is 3. The molecule has 5 heteroatoms. The van der Waals surface area contributed by atoms with Gasteiger partial charge in [0.15, 0.2) is 0 Å². The largest absolute Gasteiger partial charge is 0.508 e. The average Bonchev–Trinajstić information content (AvgIpc) is 2.26. The molecule has 0 aliphatic carbocycles. The lowest BCUT2D eigenvalue weighted by Gasteiger charge is -2.08. The van der Waals surface area contributed by atoms with Gasteiger partial charge in [-0.3, -0.25) is 0 Å². The highest BCUT2D eigenvalue weighted by Crippen LogP contribution is 2.22. The average molecular weight is 250 g/mol. The van der Waals surface area contributed by atoms with Crippen LogP contribution in [0.25, 0.3) is 0 Å². The Morgan fingerprint density at radius 3 is 2.41 bits per heavy atom. The summed E-state index contributed by atoms with van der Waals surface area (Å²) in [5.74, 6) is 0.403. The monoisotopic (exact) mass is 250 g/mol. The molecule has 0 aliphatic heterocycles. The summed E-state index contributed by atoms with van der Waals surface area (Å²) in [6.07, 6.45) is -5.08. The minimum Gasteiger partial charge on any atom is -0.508 e. The normalized spacial score (nSPS) is 10.4. The van der Waals surface area contributed by atoms with E-state index in [9.17, 15) is 13.2 Å². The van der Waals surface area contributed by atoms with Gasteiger partial charge in [0.2, 0.25) is 0 Å². The topological polar surface area (TPSA) is 29.5 Å². The molecule has 0 saturated heterocycles. The zero-order valence-electron chi connectivity index (χ0n) is 9.92. The summed E-state index contributed by atoms with van der Waals surface area (Å²) in [5.41, 5.74) is 0. The van der Waals surface area contributed by atoms with Gasteiger partial charge in [-0.15, -0.1) is 0 Å². The van der Waals surface area contributed by atoms with Crippen molar-refractivity contribution in [3.63, 3.8) is 0 Å². The van der Waals surface area contributed by atoms with Gasteiger partial charge in [-0.05, 0) is 18.6 Å². The van der Waals surface area contributed by atoms with Crippen molar-refractivity contribution in [1.82, 2.24) is 0 Å². The molecule has 0 heterocycles. The third-order valence-electron chi connectivity index (χ3n) is 1.69. The predicted molar refractivity (Wildman–Crippen MR) is 60.2 cm³/mol. The Kier molecular flexibility index (Phi) is 7.18. The first kappa shape index (κ1) is 15.6. The summed E-state index contributed by atoms with van der Waals surface area (Å²) < 4.78 is 40.3. The quantitative estimate of drug-likeness (QED) is 0.814. The smallest absolute Gasteiger partial charge is 0.389 e. The minimum absolute atomic E-state index is 0.0109. The maximum absolute atomic E-state index is 11.7. The van der Waals surface area contributed by atoms with Crippen LogP contribution in [0.2, 0.25) is 0 Å². The highest BCUT2D eigenvalue weighted by Gasteiger charge is 2.26. The van der Waals surface area contributed by atoms with Crippen LogP contribution < -0.4 is 4.74 Å². The van der Waals surface area contributed by atoms with Crippen molar-refractivity contribution in [3.8, 4) is 11.5 Å². The molecule has 0 spiro atoms. The maximum Gasteiger partial charge on any atom is 0.389 e. The fourth-order valence-corrected chi connectivity index (χ4v) is 1.04. The van der Waals surface area contributed by atoms with E-state index in [0.717, 1.165) is 0 Å². The molecule has 0 atom stereocenters. The number of hydrogen-bond acceptors (Lipinski definition) is 2. The fourth-order valence-electron chi connectivity index (χ4n) is 1.04. The molecule has 0 fully saturated rings. The van der Waals surface area contributed by atoms with Gasteiger partial charge in [-0.2, -0.15) is 13.2 Å². The zero-order valence-corrected chi connectivity index (χ0v) is 9.92. The van der Waals surface area contributed by atoms with Crippen LogP contribution in [0.1, 0.15) is 26.7 Å². The minimum atomic E-state index is -4.14. The molecular weight excluding hydrogens is 233 g/mol. The Morgan fingerprint density at radius 2 is 1.88 bits per heavy atom. The fraction of sp³-hybridized carbons (Fsp3) is 0.500. The van der Waals surface area contributed by atoms with Crippen LogP contribution in [-0.4, -0.2) is 17.9 Å². The molecule has 0 aromatic heterocycles. The van der Waals surface area contributed by atoms with Crippen molar-refractivity contribution in [3.05, 3.63) is 24.3 Å². The van der Waals surface area contributed by atoms with Crippen molar-refractivity contribution in [2.45, 2.75) is 32.9 Å². The third-order valence-corrected chi connectivity index (χ3v) is 1.69. The second-order valence-electron chi connectivity index (χ2n) is 3.06. The Morgan fingerprint density at radius 1 is 1.24 bits per heavy atom. The highest BCUT2D eigenvalue weighted by atomic mass is 19.4. The summed E-state index contributed by atoms with van der Waals surface area (Å²) in [6.45, 7) is 3.99. The molecule has 1 rings (SSSR count). The second-order valence-corrected chi connectivity index (χ2v) is 3.06. The first-order valence-corrected chi connectivity index (χ1v) is 5.46. The number of phenolic OH excluding ortho intramolecular Hbond substituents is 1. The highest BCUT2D eigenvalue weighted by molar-refractivity contribution is 5.31. The van der Waals surface area contributed by atoms with Gasteiger partial charge in [-0.1, -0.05) is 19.9 Å². The van der Waals surface area contributed by atoms with E-state index in [1.54, 1.807) is 12.1 Å². The summed E-state index contributed by atoms with van der Waals surface area (Å²) in [6, 6.07) is 5.96. The Labute approximate surface area is 99.0 Å². The molecule has 1 aromatic rings. The lowest BCUT2D eigenvalue weighted by molar-refractivity contribution is -0.136. The van der Waals surface area contributed by atoms with E-state index in [1.165, 1.54) is 12.1 Å². The van der Waals surface area contributed by atoms with Crippen LogP contribution >= 0.6 is 0 Å². The van der Waals surface area contributed by atoms with Crippen LogP contribution in [-0.2, 0) is 0 Å². The number of aromatic hydroxyl groups is 1. The van der Waals surface area contributed by atoms with Crippen LogP contribution in [0.3, 0.4) is 0 Å². The Balaban J connectivity index is 0.00000121. The van der Waals surface area contributed by atoms with Gasteiger partial charge in [0, 0.05) is 12.5 Å². The van der Waals surface area contributed by atoms with E-state index < -0.39 is 12.6 Å². The van der Waals surface area contributed by atoms with E-state index in [4.69, 9.17) is 9.84 Å². The van der Waals surface area contributed by atoms with Crippen molar-refractivity contribution in [2.24, 2.45) is 0 Å². The number of rotatable bonds is 4. The van der Waals surface area contributed by atoms with Crippen molar-refractivity contribution >= 4 is 0 Å². The number of hydrogen-bond donors (Lipinski definition) is 1. The van der Waals surface area contributed by atoms with Gasteiger partial charge in [0.25, 0.3) is 0 Å². The van der Waals surface area contributed by atoms with E-state index in [2.05, 4.69) is 0 Å². The van der Waals surface area contributed by atoms with Gasteiger partial charge in [0.1, 0.15) is 11.5 Å². The number of phenols is 1. The standard InChI is InChI=1S/C10H11F3O2.C2H6/c11-10(12,13)5-2-6-15-9-4-1-3-8(14)7-9;1-2/h1,3-4,7,14H,2,5-6H2;1-2H3. The molecule has 0 amide bonds. The summed E-state index contributed by atoms with van der Waals surface area (Å²) in [5, 5.41) is 9.04. The summed E-state index contributed by atoms with van der Waals surface area (Å²) in [4.78, 5) is 0. The third kappa shape index (κ3) is 8.42. The van der Waals surface area contributed by atoms with Gasteiger partial charge in [0.05, 0.1) is 6.61 Å². The lowest BCUT2D eigenvalue weighted by Crippen LogP contribution is -2.09. The lowest BCUT2D eigenvalue weighted by atomic mass is 10.3. The molecule has 17 heavy (non-hydrogen) atoms. The van der Waals surface area contributed by atoms with Gasteiger partial charge in [-0.25, -0.2) is 0 Å². The Hall–Kier alpha value is -1.39. The first-order chi connectivity index (χ1) is 7.97. The summed E-state index contributed by atoms with van der Waals surface area (Å²) >= 11 is 0. The molecular formula is C12H17F3O2. The predicted octanol–water partition coefficient (Wildman–Crippen LogP) is 4.14. The zero-order chi connectivity index (χ0) is 13.3.